The minimum atomic E-state index is -0.498. The Balaban J connectivity index is 0.000000280. The summed E-state index contributed by atoms with van der Waals surface area (Å²) in [4.78, 5) is 0. The molecule has 2 aliphatic rings. The average Bonchev–Trinajstić information content (AvgIpc) is 2.91. The van der Waals surface area contributed by atoms with Gasteiger partial charge in [-0.1, -0.05) is 0 Å². The van der Waals surface area contributed by atoms with E-state index in [4.69, 9.17) is 16.7 Å². The van der Waals surface area contributed by atoms with Gasteiger partial charge in [0.15, 0.2) is 0 Å². The molecule has 1 N–H and O–H groups in total. The van der Waals surface area contributed by atoms with E-state index in [1.165, 1.54) is 0 Å². The number of rotatable bonds is 2. The standard InChI is InChI=1S/C7H8ClO.C5H5.Fe/c8-5-7(9)6-3-1-2-4-6;1-2-4-5-3-1;/h1-4,7,9H,5H2;1-5H;/q;;+2. The van der Waals surface area contributed by atoms with Crippen molar-refractivity contribution in [1.82, 2.24) is 0 Å². The minimum Gasteiger partial charge on any atom is -0.391 e. The van der Waals surface area contributed by atoms with Crippen molar-refractivity contribution in [3.8, 4) is 0 Å². The fourth-order valence-corrected chi connectivity index (χ4v) is 1.20. The van der Waals surface area contributed by atoms with Gasteiger partial charge < -0.3 is 5.11 Å². The summed E-state index contributed by atoms with van der Waals surface area (Å²) in [6.45, 7) is 0. The van der Waals surface area contributed by atoms with Crippen molar-refractivity contribution in [2.45, 2.75) is 6.10 Å². The monoisotopic (exact) mass is 264 g/mol. The van der Waals surface area contributed by atoms with E-state index in [-0.39, 0.29) is 22.9 Å². The first-order valence-corrected chi connectivity index (χ1v) is 5.00. The zero-order valence-corrected chi connectivity index (χ0v) is 10.0. The van der Waals surface area contributed by atoms with Crippen molar-refractivity contribution in [3.63, 3.8) is 0 Å². The molecule has 0 aromatic heterocycles. The van der Waals surface area contributed by atoms with Gasteiger partial charge in [-0.25, -0.2) is 0 Å². The largest absolute Gasteiger partial charge is 2.00 e. The summed E-state index contributed by atoms with van der Waals surface area (Å²) in [5.41, 5.74) is 0. The molecule has 80 valence electrons. The summed E-state index contributed by atoms with van der Waals surface area (Å²) < 4.78 is 0. The number of halogens is 1. The van der Waals surface area contributed by atoms with Gasteiger partial charge in [0.25, 0.3) is 0 Å². The van der Waals surface area contributed by atoms with E-state index in [0.717, 1.165) is 5.92 Å². The van der Waals surface area contributed by atoms with Crippen LogP contribution in [0.5, 0.6) is 0 Å². The van der Waals surface area contributed by atoms with Crippen molar-refractivity contribution < 1.29 is 22.2 Å². The molecule has 0 aliphatic heterocycles. The van der Waals surface area contributed by atoms with E-state index in [0.29, 0.717) is 0 Å². The fraction of sp³-hybridized carbons (Fsp3) is 0.167. The van der Waals surface area contributed by atoms with E-state index in [1.54, 1.807) is 0 Å². The molecule has 15 heavy (non-hydrogen) atoms. The van der Waals surface area contributed by atoms with Crippen LogP contribution < -0.4 is 0 Å². The molecule has 10 radical (unpaired) electrons. The van der Waals surface area contributed by atoms with Gasteiger partial charge in [0, 0.05) is 11.8 Å². The second kappa shape index (κ2) is 9.96. The van der Waals surface area contributed by atoms with Gasteiger partial charge in [0.2, 0.25) is 0 Å². The average molecular weight is 265 g/mol. The van der Waals surface area contributed by atoms with Crippen molar-refractivity contribution in [1.29, 1.82) is 0 Å². The van der Waals surface area contributed by atoms with Crippen molar-refractivity contribution in [2.24, 2.45) is 0 Å². The smallest absolute Gasteiger partial charge is 0.391 e. The summed E-state index contributed by atoms with van der Waals surface area (Å²) in [6, 6.07) is 0. The Kier molecular flexibility index (Phi) is 10.5. The molecule has 3 heteroatoms. The summed E-state index contributed by atoms with van der Waals surface area (Å²) in [7, 11) is 0. The van der Waals surface area contributed by atoms with Crippen molar-refractivity contribution in [3.05, 3.63) is 63.7 Å². The van der Waals surface area contributed by atoms with Gasteiger partial charge in [0.1, 0.15) is 0 Å². The van der Waals surface area contributed by atoms with Crippen LogP contribution in [0.2, 0.25) is 0 Å². The van der Waals surface area contributed by atoms with Gasteiger partial charge in [-0.15, -0.1) is 11.6 Å². The molecule has 2 fully saturated rings. The van der Waals surface area contributed by atoms with E-state index < -0.39 is 6.10 Å². The van der Waals surface area contributed by atoms with Crippen LogP contribution >= 0.6 is 11.6 Å². The Morgan fingerprint density at radius 1 is 0.933 bits per heavy atom. The van der Waals surface area contributed by atoms with Crippen LogP contribution in [-0.2, 0) is 17.1 Å². The molecule has 0 amide bonds. The summed E-state index contributed by atoms with van der Waals surface area (Å²) in [5, 5.41) is 9.09. The van der Waals surface area contributed by atoms with Gasteiger partial charge in [-0.2, -0.15) is 0 Å². The zero-order chi connectivity index (χ0) is 10.2. The summed E-state index contributed by atoms with van der Waals surface area (Å²) >= 11 is 5.39. The third-order valence-corrected chi connectivity index (χ3v) is 2.07. The number of aliphatic hydroxyl groups excluding tert-OH is 1. The molecular weight excluding hydrogens is 251 g/mol. The number of aliphatic hydroxyl groups is 1. The number of alkyl halides is 1. The topological polar surface area (TPSA) is 20.2 Å². The van der Waals surface area contributed by atoms with E-state index in [1.807, 2.05) is 57.8 Å². The van der Waals surface area contributed by atoms with E-state index in [2.05, 4.69) is 0 Å². The third kappa shape index (κ3) is 6.84. The normalized spacial score (nSPS) is 22.8. The minimum absolute atomic E-state index is 0. The Morgan fingerprint density at radius 2 is 1.33 bits per heavy atom. The van der Waals surface area contributed by atoms with Crippen LogP contribution in [0.3, 0.4) is 0 Å². The quantitative estimate of drug-likeness (QED) is 0.597. The SMILES string of the molecule is OC(CCl)[C]1[CH][CH][CH][CH]1.[CH]1[CH][CH][CH][CH]1.[Fe+2]. The maximum absolute atomic E-state index is 9.09. The maximum atomic E-state index is 9.09. The Labute approximate surface area is 109 Å². The van der Waals surface area contributed by atoms with Gasteiger partial charge in [-0.3, -0.25) is 0 Å². The third-order valence-electron chi connectivity index (χ3n) is 1.77. The van der Waals surface area contributed by atoms with Crippen LogP contribution in [0.25, 0.3) is 0 Å². The summed E-state index contributed by atoms with van der Waals surface area (Å²) in [5.74, 6) is 1.16. The van der Waals surface area contributed by atoms with Gasteiger partial charge in [-0.05, 0) is 57.8 Å². The Morgan fingerprint density at radius 3 is 1.67 bits per heavy atom. The first kappa shape index (κ1) is 15.8. The van der Waals surface area contributed by atoms with E-state index >= 15 is 0 Å². The Bertz CT molecular complexity index is 126. The van der Waals surface area contributed by atoms with Crippen LogP contribution in [0.4, 0.5) is 0 Å². The van der Waals surface area contributed by atoms with Crippen LogP contribution in [0, 0.1) is 63.7 Å². The predicted octanol–water partition coefficient (Wildman–Crippen LogP) is 2.01. The first-order chi connectivity index (χ1) is 6.84. The molecule has 0 heterocycles. The van der Waals surface area contributed by atoms with Gasteiger partial charge in [0.05, 0.1) is 6.10 Å². The van der Waals surface area contributed by atoms with Crippen LogP contribution in [0.1, 0.15) is 0 Å². The van der Waals surface area contributed by atoms with Crippen molar-refractivity contribution in [2.75, 3.05) is 5.88 Å². The number of hydrogen-bond acceptors (Lipinski definition) is 1. The van der Waals surface area contributed by atoms with Crippen LogP contribution in [0.15, 0.2) is 0 Å². The zero-order valence-electron chi connectivity index (χ0n) is 8.16. The summed E-state index contributed by atoms with van der Waals surface area (Å²) in [6.07, 6.45) is 17.0. The van der Waals surface area contributed by atoms with Crippen molar-refractivity contribution >= 4 is 11.6 Å². The molecule has 0 aromatic rings. The molecule has 2 rings (SSSR count). The fourth-order valence-electron chi connectivity index (χ4n) is 1.02. The second-order valence-electron chi connectivity index (χ2n) is 2.85. The molecule has 0 saturated heterocycles. The molecule has 0 bridgehead atoms. The molecule has 0 aromatic carbocycles. The first-order valence-electron chi connectivity index (χ1n) is 4.47. The molecule has 1 nitrogen and oxygen atoms in total. The maximum Gasteiger partial charge on any atom is 2.00 e. The molecule has 1 unspecified atom stereocenters. The molecule has 0 spiro atoms. The Hall–Kier alpha value is 0.769. The van der Waals surface area contributed by atoms with Gasteiger partial charge >= 0.3 is 17.1 Å². The predicted molar refractivity (Wildman–Crippen MR) is 58.7 cm³/mol. The number of hydrogen-bond donors (Lipinski definition) is 1. The van der Waals surface area contributed by atoms with E-state index in [9.17, 15) is 0 Å². The molecule has 2 saturated carbocycles. The molecule has 1 atom stereocenters. The second-order valence-corrected chi connectivity index (χ2v) is 3.16. The van der Waals surface area contributed by atoms with Crippen LogP contribution in [-0.4, -0.2) is 17.1 Å². The molecular formula is C12H13ClFeO+2. The molecule has 2 aliphatic carbocycles.